The van der Waals surface area contributed by atoms with Gasteiger partial charge in [-0.1, -0.05) is 85.6 Å². The number of rotatable bonds is 14. The van der Waals surface area contributed by atoms with Crippen LogP contribution in [0.1, 0.15) is 25.0 Å². The van der Waals surface area contributed by atoms with E-state index in [2.05, 4.69) is 5.32 Å². The first-order valence-corrected chi connectivity index (χ1v) is 17.0. The summed E-state index contributed by atoms with van der Waals surface area (Å²) >= 11 is 12.6. The highest BCUT2D eigenvalue weighted by Crippen LogP contribution is 2.28. The molecule has 0 spiro atoms. The van der Waals surface area contributed by atoms with Crippen molar-refractivity contribution in [2.75, 3.05) is 24.5 Å². The van der Waals surface area contributed by atoms with Crippen molar-refractivity contribution in [3.8, 4) is 5.75 Å². The number of halogens is 2. The molecule has 4 aromatic carbocycles. The Morgan fingerprint density at radius 1 is 0.826 bits per heavy atom. The highest BCUT2D eigenvalue weighted by atomic mass is 35.5. The molecule has 0 aliphatic carbocycles. The molecule has 0 aromatic heterocycles. The number of benzene rings is 4. The average Bonchev–Trinajstić information content (AvgIpc) is 3.04. The van der Waals surface area contributed by atoms with Crippen molar-refractivity contribution in [2.24, 2.45) is 5.92 Å². The number of amides is 2. The lowest BCUT2D eigenvalue weighted by Crippen LogP contribution is -2.53. The quantitative estimate of drug-likeness (QED) is 0.162. The molecule has 4 aromatic rings. The monoisotopic (exact) mass is 681 g/mol. The SMILES string of the molecule is COc1ccc(S(=O)(=O)N(CC(=O)N(Cc2cccc(Cl)c2)[C@@H](Cc2ccccc2)C(=O)NCC(C)C)c2cccc(Cl)c2)cc1. The first-order valence-electron chi connectivity index (χ1n) is 14.8. The molecule has 0 bridgehead atoms. The van der Waals surface area contributed by atoms with Gasteiger partial charge in [-0.2, -0.15) is 0 Å². The molecule has 0 heterocycles. The summed E-state index contributed by atoms with van der Waals surface area (Å²) in [7, 11) is -2.80. The Morgan fingerprint density at radius 3 is 2.07 bits per heavy atom. The van der Waals surface area contributed by atoms with Gasteiger partial charge in [0.05, 0.1) is 17.7 Å². The molecule has 0 radical (unpaired) electrons. The molecular weight excluding hydrogens is 645 g/mol. The second-order valence-electron chi connectivity index (χ2n) is 11.2. The van der Waals surface area contributed by atoms with E-state index in [1.165, 1.54) is 42.3 Å². The standard InChI is InChI=1S/C35H37Cl2N3O5S/c1-25(2)22-38-35(42)33(20-26-9-5-4-6-10-26)39(23-27-11-7-12-28(36)19-27)34(41)24-40(30-14-8-13-29(37)21-30)46(43,44)32-17-15-31(45-3)16-18-32/h4-19,21,25,33H,20,22-24H2,1-3H3,(H,38,42)/t33-/m0/s1. The minimum absolute atomic E-state index is 0.0119. The molecule has 1 atom stereocenters. The Morgan fingerprint density at radius 2 is 1.46 bits per heavy atom. The number of hydrogen-bond acceptors (Lipinski definition) is 5. The zero-order chi connectivity index (χ0) is 33.3. The molecule has 4 rings (SSSR count). The van der Waals surface area contributed by atoms with Crippen molar-refractivity contribution < 1.29 is 22.7 Å². The number of ether oxygens (including phenoxy) is 1. The highest BCUT2D eigenvalue weighted by molar-refractivity contribution is 7.92. The van der Waals surface area contributed by atoms with Crippen molar-refractivity contribution in [3.63, 3.8) is 0 Å². The number of nitrogens with one attached hydrogen (secondary N) is 1. The van der Waals surface area contributed by atoms with Gasteiger partial charge in [0, 0.05) is 29.6 Å². The summed E-state index contributed by atoms with van der Waals surface area (Å²) in [4.78, 5) is 29.7. The zero-order valence-electron chi connectivity index (χ0n) is 25.9. The lowest BCUT2D eigenvalue weighted by Gasteiger charge is -2.34. The number of hydrogen-bond donors (Lipinski definition) is 1. The van der Waals surface area contributed by atoms with Crippen LogP contribution in [0.5, 0.6) is 5.75 Å². The zero-order valence-corrected chi connectivity index (χ0v) is 28.2. The third-order valence-electron chi connectivity index (χ3n) is 7.22. The lowest BCUT2D eigenvalue weighted by atomic mass is 10.0. The van der Waals surface area contributed by atoms with E-state index < -0.39 is 28.5 Å². The van der Waals surface area contributed by atoms with Crippen molar-refractivity contribution in [3.05, 3.63) is 124 Å². The molecule has 242 valence electrons. The predicted octanol–water partition coefficient (Wildman–Crippen LogP) is 6.61. The molecule has 0 saturated carbocycles. The fourth-order valence-corrected chi connectivity index (χ4v) is 6.65. The number of anilines is 1. The maximum atomic E-state index is 14.5. The van der Waals surface area contributed by atoms with Crippen LogP contribution in [-0.2, 0) is 32.6 Å². The summed E-state index contributed by atoms with van der Waals surface area (Å²) in [5, 5.41) is 3.74. The van der Waals surface area contributed by atoms with E-state index in [1.54, 1.807) is 42.5 Å². The number of methoxy groups -OCH3 is 1. The van der Waals surface area contributed by atoms with Crippen LogP contribution in [0.2, 0.25) is 10.0 Å². The van der Waals surface area contributed by atoms with E-state index in [4.69, 9.17) is 27.9 Å². The molecule has 1 N–H and O–H groups in total. The average molecular weight is 683 g/mol. The number of sulfonamides is 1. The smallest absolute Gasteiger partial charge is 0.264 e. The van der Waals surface area contributed by atoms with Crippen molar-refractivity contribution in [2.45, 2.75) is 37.8 Å². The second kappa shape index (κ2) is 16.0. The van der Waals surface area contributed by atoms with E-state index in [-0.39, 0.29) is 35.4 Å². The summed E-state index contributed by atoms with van der Waals surface area (Å²) in [5.41, 5.74) is 1.72. The van der Waals surface area contributed by atoms with E-state index in [9.17, 15) is 18.0 Å². The van der Waals surface area contributed by atoms with Gasteiger partial charge >= 0.3 is 0 Å². The highest BCUT2D eigenvalue weighted by Gasteiger charge is 2.34. The van der Waals surface area contributed by atoms with Crippen molar-refractivity contribution >= 4 is 50.7 Å². The number of carbonyl (C=O) groups excluding carboxylic acids is 2. The normalized spacial score (nSPS) is 12.0. The van der Waals surface area contributed by atoms with Gasteiger partial charge in [0.1, 0.15) is 18.3 Å². The minimum atomic E-state index is -4.28. The van der Waals surface area contributed by atoms with Gasteiger partial charge in [0.2, 0.25) is 11.8 Å². The van der Waals surface area contributed by atoms with Gasteiger partial charge in [-0.05, 0) is 71.6 Å². The van der Waals surface area contributed by atoms with Crippen LogP contribution in [-0.4, -0.2) is 51.4 Å². The number of nitrogens with zero attached hydrogens (tertiary/aromatic N) is 2. The molecule has 8 nitrogen and oxygen atoms in total. The predicted molar refractivity (Wildman–Crippen MR) is 183 cm³/mol. The lowest BCUT2D eigenvalue weighted by molar-refractivity contribution is -0.140. The van der Waals surface area contributed by atoms with E-state index in [1.807, 2.05) is 44.2 Å². The van der Waals surface area contributed by atoms with Gasteiger partial charge in [-0.25, -0.2) is 8.42 Å². The minimum Gasteiger partial charge on any atom is -0.497 e. The van der Waals surface area contributed by atoms with Gasteiger partial charge in [0.15, 0.2) is 0 Å². The van der Waals surface area contributed by atoms with Crippen molar-refractivity contribution in [1.82, 2.24) is 10.2 Å². The van der Waals surface area contributed by atoms with Gasteiger partial charge in [-0.15, -0.1) is 0 Å². The Bertz CT molecular complexity index is 1730. The third kappa shape index (κ3) is 9.25. The van der Waals surface area contributed by atoms with Crippen LogP contribution in [0.3, 0.4) is 0 Å². The maximum absolute atomic E-state index is 14.5. The second-order valence-corrected chi connectivity index (χ2v) is 13.9. The van der Waals surface area contributed by atoms with Crippen LogP contribution >= 0.6 is 23.2 Å². The first kappa shape index (κ1) is 34.8. The van der Waals surface area contributed by atoms with Crippen LogP contribution in [0.4, 0.5) is 5.69 Å². The van der Waals surface area contributed by atoms with Gasteiger partial charge in [0.25, 0.3) is 10.0 Å². The van der Waals surface area contributed by atoms with E-state index >= 15 is 0 Å². The van der Waals surface area contributed by atoms with Crippen LogP contribution < -0.4 is 14.4 Å². The Labute approximate surface area is 280 Å². The number of carbonyl (C=O) groups is 2. The maximum Gasteiger partial charge on any atom is 0.264 e. The fourth-order valence-electron chi connectivity index (χ4n) is 4.84. The van der Waals surface area contributed by atoms with Crippen LogP contribution in [0.15, 0.2) is 108 Å². The molecule has 0 aliphatic heterocycles. The van der Waals surface area contributed by atoms with Crippen molar-refractivity contribution in [1.29, 1.82) is 0 Å². The van der Waals surface area contributed by atoms with Gasteiger partial charge < -0.3 is 15.0 Å². The van der Waals surface area contributed by atoms with Gasteiger partial charge in [-0.3, -0.25) is 13.9 Å². The Hall–Kier alpha value is -4.05. The summed E-state index contributed by atoms with van der Waals surface area (Å²) in [5.74, 6) is -0.280. The molecule has 11 heteroatoms. The third-order valence-corrected chi connectivity index (χ3v) is 9.48. The largest absolute Gasteiger partial charge is 0.497 e. The molecule has 0 unspecified atom stereocenters. The summed E-state index contributed by atoms with van der Waals surface area (Å²) < 4.78 is 34.5. The summed E-state index contributed by atoms with van der Waals surface area (Å²) in [6.45, 7) is 3.78. The molecular formula is C35H37Cl2N3O5S. The topological polar surface area (TPSA) is 96.0 Å². The molecule has 0 fully saturated rings. The summed E-state index contributed by atoms with van der Waals surface area (Å²) in [6.07, 6.45) is 0.208. The van der Waals surface area contributed by atoms with Crippen LogP contribution in [0.25, 0.3) is 0 Å². The molecule has 2 amide bonds. The van der Waals surface area contributed by atoms with Crippen LogP contribution in [0, 0.1) is 5.92 Å². The fraction of sp³-hybridized carbons (Fsp3) is 0.257. The Kier molecular flexibility index (Phi) is 12.1. The van der Waals surface area contributed by atoms with E-state index in [0.717, 1.165) is 9.87 Å². The summed E-state index contributed by atoms with van der Waals surface area (Å²) in [6, 6.07) is 27.6. The Balaban J connectivity index is 1.80. The molecule has 0 saturated heterocycles. The molecule has 46 heavy (non-hydrogen) atoms. The first-order chi connectivity index (χ1) is 22.0. The molecule has 0 aliphatic rings. The van der Waals surface area contributed by atoms with E-state index in [0.29, 0.717) is 27.9 Å².